The van der Waals surface area contributed by atoms with E-state index in [2.05, 4.69) is 10.0 Å². The summed E-state index contributed by atoms with van der Waals surface area (Å²) in [6.07, 6.45) is 1.93. The first kappa shape index (κ1) is 15.8. The Balaban J connectivity index is 2.19. The molecule has 4 N–H and O–H groups in total. The van der Waals surface area contributed by atoms with Gasteiger partial charge in [-0.05, 0) is 50.3 Å². The summed E-state index contributed by atoms with van der Waals surface area (Å²) in [4.78, 5) is 11.8. The Bertz CT molecular complexity index is 679. The van der Waals surface area contributed by atoms with Crippen LogP contribution in [0.1, 0.15) is 29.5 Å². The van der Waals surface area contributed by atoms with Crippen molar-refractivity contribution in [3.63, 3.8) is 0 Å². The molecule has 6 nitrogen and oxygen atoms in total. The van der Waals surface area contributed by atoms with Crippen molar-refractivity contribution in [2.45, 2.75) is 44.6 Å². The molecule has 7 heteroatoms. The van der Waals surface area contributed by atoms with Gasteiger partial charge in [-0.15, -0.1) is 0 Å². The molecular weight excluding hydrogens is 290 g/mol. The van der Waals surface area contributed by atoms with E-state index in [9.17, 15) is 13.2 Å². The van der Waals surface area contributed by atoms with Crippen LogP contribution in [0.25, 0.3) is 0 Å². The van der Waals surface area contributed by atoms with Gasteiger partial charge in [-0.25, -0.2) is 13.1 Å². The Labute approximate surface area is 125 Å². The standard InChI is InChI=1S/C14H21N3O3S/c1-8-6-9(2)14(10(3)13(8)15)21(19,20)16-7-12(18)17-11-4-5-11/h6,11,16H,4-5,7,15H2,1-3H3,(H,17,18). The van der Waals surface area contributed by atoms with Crippen molar-refractivity contribution in [2.75, 3.05) is 12.3 Å². The molecule has 0 spiro atoms. The number of rotatable bonds is 5. The number of nitrogens with two attached hydrogens (primary N) is 1. The molecule has 1 aliphatic rings. The second-order valence-electron chi connectivity index (χ2n) is 5.54. The first-order valence-electron chi connectivity index (χ1n) is 6.87. The van der Waals surface area contributed by atoms with Crippen molar-refractivity contribution >= 4 is 21.6 Å². The van der Waals surface area contributed by atoms with Crippen LogP contribution in [0.2, 0.25) is 0 Å². The molecule has 0 bridgehead atoms. The normalized spacial score (nSPS) is 15.0. The SMILES string of the molecule is Cc1cc(C)c(S(=O)(=O)NCC(=O)NC2CC2)c(C)c1N. The zero-order chi connectivity index (χ0) is 15.8. The Morgan fingerprint density at radius 2 is 1.90 bits per heavy atom. The molecule has 0 saturated heterocycles. The number of amides is 1. The van der Waals surface area contributed by atoms with Gasteiger partial charge in [0.25, 0.3) is 0 Å². The predicted octanol–water partition coefficient (Wildman–Crippen LogP) is 0.751. The number of nitrogens with one attached hydrogen (secondary N) is 2. The van der Waals surface area contributed by atoms with Gasteiger partial charge in [-0.1, -0.05) is 6.07 Å². The van der Waals surface area contributed by atoms with Crippen LogP contribution in [0.3, 0.4) is 0 Å². The summed E-state index contributed by atoms with van der Waals surface area (Å²) in [5, 5.41) is 2.74. The minimum absolute atomic E-state index is 0.157. The Morgan fingerprint density at radius 1 is 1.29 bits per heavy atom. The number of carbonyl (C=O) groups is 1. The van der Waals surface area contributed by atoms with E-state index in [-0.39, 0.29) is 23.4 Å². The van der Waals surface area contributed by atoms with Crippen molar-refractivity contribution in [1.82, 2.24) is 10.0 Å². The molecule has 0 atom stereocenters. The first-order chi connectivity index (χ1) is 9.72. The van der Waals surface area contributed by atoms with Crippen molar-refractivity contribution in [1.29, 1.82) is 0 Å². The van der Waals surface area contributed by atoms with Crippen molar-refractivity contribution < 1.29 is 13.2 Å². The highest BCUT2D eigenvalue weighted by atomic mass is 32.2. The summed E-state index contributed by atoms with van der Waals surface area (Å²) in [6.45, 7) is 4.97. The fraction of sp³-hybridized carbons (Fsp3) is 0.500. The van der Waals surface area contributed by atoms with E-state index >= 15 is 0 Å². The smallest absolute Gasteiger partial charge is 0.241 e. The molecule has 116 valence electrons. The average Bonchev–Trinajstić information content (AvgIpc) is 3.17. The van der Waals surface area contributed by atoms with E-state index in [1.54, 1.807) is 19.9 Å². The van der Waals surface area contributed by atoms with Crippen LogP contribution in [0.15, 0.2) is 11.0 Å². The third kappa shape index (κ3) is 3.54. The lowest BCUT2D eigenvalue weighted by Crippen LogP contribution is -2.38. The maximum absolute atomic E-state index is 12.4. The van der Waals surface area contributed by atoms with Gasteiger partial charge in [-0.3, -0.25) is 4.79 Å². The maximum Gasteiger partial charge on any atom is 0.241 e. The number of hydrogen-bond acceptors (Lipinski definition) is 4. The average molecular weight is 311 g/mol. The minimum Gasteiger partial charge on any atom is -0.398 e. The van der Waals surface area contributed by atoms with E-state index in [4.69, 9.17) is 5.73 Å². The second-order valence-corrected chi connectivity index (χ2v) is 7.25. The highest BCUT2D eigenvalue weighted by Crippen LogP contribution is 2.27. The maximum atomic E-state index is 12.4. The fourth-order valence-corrected chi connectivity index (χ4v) is 3.80. The number of anilines is 1. The third-order valence-electron chi connectivity index (χ3n) is 3.59. The summed E-state index contributed by atoms with van der Waals surface area (Å²) in [6, 6.07) is 1.95. The molecule has 0 aliphatic heterocycles. The highest BCUT2D eigenvalue weighted by Gasteiger charge is 2.25. The van der Waals surface area contributed by atoms with E-state index < -0.39 is 10.0 Å². The molecule has 2 rings (SSSR count). The first-order valence-corrected chi connectivity index (χ1v) is 8.36. The number of nitrogen functional groups attached to an aromatic ring is 1. The summed E-state index contributed by atoms with van der Waals surface area (Å²) < 4.78 is 27.1. The van der Waals surface area contributed by atoms with E-state index in [0.717, 1.165) is 18.4 Å². The Hall–Kier alpha value is -1.60. The van der Waals surface area contributed by atoms with Gasteiger partial charge < -0.3 is 11.1 Å². The molecular formula is C14H21N3O3S. The second kappa shape index (κ2) is 5.65. The monoisotopic (exact) mass is 311 g/mol. The lowest BCUT2D eigenvalue weighted by Gasteiger charge is -2.15. The van der Waals surface area contributed by atoms with Gasteiger partial charge in [0.2, 0.25) is 15.9 Å². The molecule has 1 aliphatic carbocycles. The molecule has 0 heterocycles. The van der Waals surface area contributed by atoms with Crippen LogP contribution in [0.5, 0.6) is 0 Å². The lowest BCUT2D eigenvalue weighted by atomic mass is 10.1. The van der Waals surface area contributed by atoms with Crippen LogP contribution >= 0.6 is 0 Å². The topological polar surface area (TPSA) is 101 Å². The van der Waals surface area contributed by atoms with E-state index in [1.807, 2.05) is 6.92 Å². The molecule has 0 radical (unpaired) electrons. The summed E-state index contributed by atoms with van der Waals surface area (Å²) >= 11 is 0. The predicted molar refractivity (Wildman–Crippen MR) is 81.4 cm³/mol. The van der Waals surface area contributed by atoms with Crippen molar-refractivity contribution in [3.05, 3.63) is 22.8 Å². The van der Waals surface area contributed by atoms with Gasteiger partial charge in [-0.2, -0.15) is 0 Å². The van der Waals surface area contributed by atoms with Crippen LogP contribution in [0.4, 0.5) is 5.69 Å². The number of carbonyl (C=O) groups excluding carboxylic acids is 1. The van der Waals surface area contributed by atoms with Crippen molar-refractivity contribution in [2.24, 2.45) is 0 Å². The Kier molecular flexibility index (Phi) is 4.25. The molecule has 0 aromatic heterocycles. The van der Waals surface area contributed by atoms with Crippen LogP contribution in [0, 0.1) is 20.8 Å². The van der Waals surface area contributed by atoms with Gasteiger partial charge >= 0.3 is 0 Å². The third-order valence-corrected chi connectivity index (χ3v) is 5.28. The van der Waals surface area contributed by atoms with Crippen molar-refractivity contribution in [3.8, 4) is 0 Å². The fourth-order valence-electron chi connectivity index (χ4n) is 2.33. The molecule has 1 saturated carbocycles. The van der Waals surface area contributed by atoms with Gasteiger partial charge in [0.1, 0.15) is 0 Å². The molecule has 1 fully saturated rings. The number of aryl methyl sites for hydroxylation is 2. The highest BCUT2D eigenvalue weighted by molar-refractivity contribution is 7.89. The molecule has 21 heavy (non-hydrogen) atoms. The van der Waals surface area contributed by atoms with Gasteiger partial charge in [0.15, 0.2) is 0 Å². The quantitative estimate of drug-likeness (QED) is 0.698. The zero-order valence-electron chi connectivity index (χ0n) is 12.5. The molecule has 1 aromatic rings. The zero-order valence-corrected chi connectivity index (χ0v) is 13.3. The molecule has 1 aromatic carbocycles. The van der Waals surface area contributed by atoms with Crippen LogP contribution < -0.4 is 15.8 Å². The summed E-state index contributed by atoms with van der Waals surface area (Å²) in [5.74, 6) is -0.309. The number of hydrogen-bond donors (Lipinski definition) is 3. The molecule has 1 amide bonds. The largest absolute Gasteiger partial charge is 0.398 e. The molecule has 0 unspecified atom stereocenters. The van der Waals surface area contributed by atoms with E-state index in [0.29, 0.717) is 16.8 Å². The number of benzene rings is 1. The lowest BCUT2D eigenvalue weighted by molar-refractivity contribution is -0.120. The van der Waals surface area contributed by atoms with E-state index in [1.165, 1.54) is 0 Å². The van der Waals surface area contributed by atoms with Crippen LogP contribution in [-0.2, 0) is 14.8 Å². The minimum atomic E-state index is -3.76. The van der Waals surface area contributed by atoms with Crippen LogP contribution in [-0.4, -0.2) is 26.9 Å². The summed E-state index contributed by atoms with van der Waals surface area (Å²) in [5.41, 5.74) is 8.35. The number of sulfonamides is 1. The Morgan fingerprint density at radius 3 is 2.48 bits per heavy atom. The van der Waals surface area contributed by atoms with Gasteiger partial charge in [0.05, 0.1) is 11.4 Å². The summed E-state index contributed by atoms with van der Waals surface area (Å²) in [7, 11) is -3.76. The van der Waals surface area contributed by atoms with Gasteiger partial charge in [0, 0.05) is 11.7 Å².